The summed E-state index contributed by atoms with van der Waals surface area (Å²) in [6, 6.07) is 1.51. The van der Waals surface area contributed by atoms with Crippen molar-refractivity contribution < 1.29 is 5.11 Å². The molecule has 1 saturated carbocycles. The van der Waals surface area contributed by atoms with Gasteiger partial charge in [0.15, 0.2) is 5.82 Å². The van der Waals surface area contributed by atoms with Crippen molar-refractivity contribution >= 4 is 23.2 Å². The number of aromatic amines is 1. The Hall–Kier alpha value is -1.59. The first-order valence-electron chi connectivity index (χ1n) is 6.71. The Kier molecular flexibility index (Phi) is 3.87. The summed E-state index contributed by atoms with van der Waals surface area (Å²) >= 11 is 11.8. The second-order valence-electron chi connectivity index (χ2n) is 5.12. The second kappa shape index (κ2) is 5.66. The highest BCUT2D eigenvalue weighted by Crippen LogP contribution is 2.36. The van der Waals surface area contributed by atoms with Crippen LogP contribution in [0.3, 0.4) is 0 Å². The van der Waals surface area contributed by atoms with Crippen LogP contribution < -0.4 is 5.56 Å². The predicted octanol–water partition coefficient (Wildman–Crippen LogP) is 3.50. The largest absolute Gasteiger partial charge is 0.493 e. The molecule has 1 aliphatic carbocycles. The molecule has 0 unspecified atom stereocenters. The molecule has 0 aromatic carbocycles. The summed E-state index contributed by atoms with van der Waals surface area (Å²) in [7, 11) is 0. The highest BCUT2D eigenvalue weighted by atomic mass is 35.5. The molecule has 0 bridgehead atoms. The predicted molar refractivity (Wildman–Crippen MR) is 81.0 cm³/mol. The van der Waals surface area contributed by atoms with Gasteiger partial charge in [0.25, 0.3) is 5.56 Å². The van der Waals surface area contributed by atoms with Gasteiger partial charge in [-0.25, -0.2) is 4.98 Å². The molecule has 0 saturated heterocycles. The minimum absolute atomic E-state index is 0.0731. The van der Waals surface area contributed by atoms with Crippen LogP contribution in [0, 0.1) is 0 Å². The zero-order chi connectivity index (χ0) is 15.0. The molecule has 0 atom stereocenters. The molecular formula is C14H13Cl2N3O2. The van der Waals surface area contributed by atoms with Gasteiger partial charge in [-0.15, -0.1) is 0 Å². The van der Waals surface area contributed by atoms with Crippen LogP contribution in [0.15, 0.2) is 17.1 Å². The lowest BCUT2D eigenvalue weighted by atomic mass is 10.00. The average molecular weight is 326 g/mol. The van der Waals surface area contributed by atoms with E-state index in [1.807, 2.05) is 0 Å². The van der Waals surface area contributed by atoms with Crippen molar-refractivity contribution in [1.29, 1.82) is 0 Å². The summed E-state index contributed by atoms with van der Waals surface area (Å²) in [5.74, 6) is -0.0293. The van der Waals surface area contributed by atoms with E-state index < -0.39 is 0 Å². The van der Waals surface area contributed by atoms with Crippen LogP contribution in [0.4, 0.5) is 0 Å². The van der Waals surface area contributed by atoms with Gasteiger partial charge in [-0.1, -0.05) is 36.0 Å². The first-order valence-corrected chi connectivity index (χ1v) is 7.46. The summed E-state index contributed by atoms with van der Waals surface area (Å²) in [6.45, 7) is 0. The smallest absolute Gasteiger partial charge is 0.258 e. The van der Waals surface area contributed by atoms with Crippen LogP contribution >= 0.6 is 23.2 Å². The number of halogens is 2. The summed E-state index contributed by atoms with van der Waals surface area (Å²) < 4.78 is 0. The van der Waals surface area contributed by atoms with E-state index in [4.69, 9.17) is 23.2 Å². The SMILES string of the molecule is O=c1[nH]c(-c2ncc(Cl)cc2Cl)nc(O)c1C1CCCC1. The monoisotopic (exact) mass is 325 g/mol. The van der Waals surface area contributed by atoms with Gasteiger partial charge >= 0.3 is 0 Å². The maximum atomic E-state index is 12.2. The number of H-pyrrole nitrogens is 1. The van der Waals surface area contributed by atoms with Crippen molar-refractivity contribution in [2.45, 2.75) is 31.6 Å². The number of rotatable bonds is 2. The van der Waals surface area contributed by atoms with Gasteiger partial charge in [0.2, 0.25) is 5.88 Å². The molecule has 2 heterocycles. The third kappa shape index (κ3) is 2.76. The maximum Gasteiger partial charge on any atom is 0.258 e. The highest BCUT2D eigenvalue weighted by Gasteiger charge is 2.25. The van der Waals surface area contributed by atoms with Gasteiger partial charge in [-0.3, -0.25) is 4.79 Å². The maximum absolute atomic E-state index is 12.2. The Bertz CT molecular complexity index is 739. The highest BCUT2D eigenvalue weighted by molar-refractivity contribution is 6.35. The van der Waals surface area contributed by atoms with Gasteiger partial charge in [-0.05, 0) is 24.8 Å². The summed E-state index contributed by atoms with van der Waals surface area (Å²) in [5.41, 5.74) is 0.310. The number of hydrogen-bond acceptors (Lipinski definition) is 4. The third-order valence-corrected chi connectivity index (χ3v) is 4.23. The summed E-state index contributed by atoms with van der Waals surface area (Å²) in [6.07, 6.45) is 5.34. The Labute approximate surface area is 131 Å². The van der Waals surface area contributed by atoms with E-state index in [0.717, 1.165) is 25.7 Å². The lowest BCUT2D eigenvalue weighted by molar-refractivity contribution is 0.436. The topological polar surface area (TPSA) is 78.9 Å². The number of aromatic nitrogens is 3. The van der Waals surface area contributed by atoms with Gasteiger partial charge in [0.1, 0.15) is 5.69 Å². The normalized spacial score (nSPS) is 15.5. The standard InChI is InChI=1S/C14H13Cl2N3O2/c15-8-5-9(16)11(17-6-8)12-18-13(20)10(14(21)19-12)7-3-1-2-4-7/h5-7H,1-4H2,(H2,18,19,20,21). The molecule has 5 nitrogen and oxygen atoms in total. The van der Waals surface area contributed by atoms with Crippen LogP contribution in [-0.4, -0.2) is 20.1 Å². The molecule has 21 heavy (non-hydrogen) atoms. The Balaban J connectivity index is 2.07. The van der Waals surface area contributed by atoms with E-state index in [2.05, 4.69) is 15.0 Å². The number of aromatic hydroxyl groups is 1. The van der Waals surface area contributed by atoms with Crippen molar-refractivity contribution in [3.8, 4) is 17.4 Å². The lowest BCUT2D eigenvalue weighted by Gasteiger charge is -2.11. The Morgan fingerprint density at radius 3 is 2.62 bits per heavy atom. The molecule has 0 aliphatic heterocycles. The van der Waals surface area contributed by atoms with E-state index in [1.54, 1.807) is 0 Å². The summed E-state index contributed by atoms with van der Waals surface area (Å²) in [5, 5.41) is 10.8. The van der Waals surface area contributed by atoms with Crippen LogP contribution in [0.5, 0.6) is 5.88 Å². The molecule has 7 heteroatoms. The van der Waals surface area contributed by atoms with E-state index in [-0.39, 0.29) is 33.9 Å². The van der Waals surface area contributed by atoms with Crippen LogP contribution in [0.1, 0.15) is 37.2 Å². The molecule has 0 spiro atoms. The molecule has 0 radical (unpaired) electrons. The molecule has 0 amide bonds. The molecule has 2 aromatic heterocycles. The van der Waals surface area contributed by atoms with Crippen molar-refractivity contribution in [3.05, 3.63) is 38.2 Å². The second-order valence-corrected chi connectivity index (χ2v) is 5.96. The first-order chi connectivity index (χ1) is 10.1. The molecule has 2 N–H and O–H groups in total. The lowest BCUT2D eigenvalue weighted by Crippen LogP contribution is -2.17. The molecule has 1 fully saturated rings. The number of nitrogens with one attached hydrogen (secondary N) is 1. The van der Waals surface area contributed by atoms with E-state index in [1.165, 1.54) is 12.3 Å². The molecule has 3 rings (SSSR count). The van der Waals surface area contributed by atoms with Crippen molar-refractivity contribution in [2.24, 2.45) is 0 Å². The fourth-order valence-electron chi connectivity index (χ4n) is 2.75. The number of nitrogens with zero attached hydrogens (tertiary/aromatic N) is 2. The van der Waals surface area contributed by atoms with E-state index >= 15 is 0 Å². The van der Waals surface area contributed by atoms with Crippen LogP contribution in [0.2, 0.25) is 10.0 Å². The minimum atomic E-state index is -0.336. The third-order valence-electron chi connectivity index (χ3n) is 3.73. The van der Waals surface area contributed by atoms with Crippen LogP contribution in [0.25, 0.3) is 11.5 Å². The van der Waals surface area contributed by atoms with E-state index in [9.17, 15) is 9.90 Å². The molecule has 1 aliphatic rings. The number of pyridine rings is 1. The summed E-state index contributed by atoms with van der Waals surface area (Å²) in [4.78, 5) is 23.0. The number of hydrogen-bond donors (Lipinski definition) is 2. The quantitative estimate of drug-likeness (QED) is 0.885. The fourth-order valence-corrected chi connectivity index (χ4v) is 3.22. The van der Waals surface area contributed by atoms with Crippen molar-refractivity contribution in [3.63, 3.8) is 0 Å². The van der Waals surface area contributed by atoms with Gasteiger partial charge in [-0.2, -0.15) is 4.98 Å². The van der Waals surface area contributed by atoms with Gasteiger partial charge in [0.05, 0.1) is 15.6 Å². The Morgan fingerprint density at radius 1 is 1.29 bits per heavy atom. The van der Waals surface area contributed by atoms with Crippen molar-refractivity contribution in [1.82, 2.24) is 15.0 Å². The average Bonchev–Trinajstić information content (AvgIpc) is 2.91. The molecule has 2 aromatic rings. The fraction of sp³-hybridized carbons (Fsp3) is 0.357. The molecular weight excluding hydrogens is 313 g/mol. The zero-order valence-electron chi connectivity index (χ0n) is 11.1. The molecule has 110 valence electrons. The zero-order valence-corrected chi connectivity index (χ0v) is 12.6. The van der Waals surface area contributed by atoms with Gasteiger partial charge in [0, 0.05) is 6.20 Å². The first kappa shape index (κ1) is 14.4. The van der Waals surface area contributed by atoms with Crippen molar-refractivity contribution in [2.75, 3.05) is 0 Å². The van der Waals surface area contributed by atoms with Crippen LogP contribution in [-0.2, 0) is 0 Å². The Morgan fingerprint density at radius 2 is 2.00 bits per heavy atom. The van der Waals surface area contributed by atoms with E-state index in [0.29, 0.717) is 10.6 Å². The van der Waals surface area contributed by atoms with Gasteiger partial charge < -0.3 is 10.1 Å². The minimum Gasteiger partial charge on any atom is -0.493 e.